The fourth-order valence-electron chi connectivity index (χ4n) is 1.80. The van der Waals surface area contributed by atoms with Gasteiger partial charge in [-0.15, -0.1) is 10.2 Å². The monoisotopic (exact) mass is 290 g/mol. The molecule has 2 aromatic rings. The summed E-state index contributed by atoms with van der Waals surface area (Å²) in [6.45, 7) is 5.95. The van der Waals surface area contributed by atoms with Crippen molar-refractivity contribution in [2.24, 2.45) is 0 Å². The largest absolute Gasteiger partial charge is 0.360 e. The molecule has 0 aliphatic heterocycles. The predicted molar refractivity (Wildman–Crippen MR) is 80.9 cm³/mol. The molecule has 0 fully saturated rings. The van der Waals surface area contributed by atoms with E-state index in [1.807, 2.05) is 44.2 Å². The van der Waals surface area contributed by atoms with Gasteiger partial charge in [-0.25, -0.2) is 0 Å². The van der Waals surface area contributed by atoms with Gasteiger partial charge in [-0.05, 0) is 19.4 Å². The summed E-state index contributed by atoms with van der Waals surface area (Å²) in [5.74, 6) is -0.0713. The van der Waals surface area contributed by atoms with Crippen molar-refractivity contribution in [3.8, 4) is 0 Å². The van der Waals surface area contributed by atoms with E-state index in [1.54, 1.807) is 4.90 Å². The molecule has 1 aromatic carbocycles. The normalized spacial score (nSPS) is 10.3. The van der Waals surface area contributed by atoms with Gasteiger partial charge >= 0.3 is 0 Å². The van der Waals surface area contributed by atoms with E-state index in [0.29, 0.717) is 23.2 Å². The molecule has 2 rings (SSSR count). The fraction of sp³-hybridized carbons (Fsp3) is 0.357. The highest BCUT2D eigenvalue weighted by Crippen LogP contribution is 2.17. The van der Waals surface area contributed by atoms with Gasteiger partial charge < -0.3 is 10.2 Å². The molecular formula is C14H18N4OS. The summed E-state index contributed by atoms with van der Waals surface area (Å²) in [6.07, 6.45) is 0. The van der Waals surface area contributed by atoms with E-state index in [2.05, 4.69) is 15.5 Å². The summed E-state index contributed by atoms with van der Waals surface area (Å²) in [7, 11) is 0. The molecular weight excluding hydrogens is 272 g/mol. The van der Waals surface area contributed by atoms with Crippen molar-refractivity contribution < 1.29 is 4.79 Å². The van der Waals surface area contributed by atoms with E-state index < -0.39 is 0 Å². The summed E-state index contributed by atoms with van der Waals surface area (Å²) in [5.41, 5.74) is 1.11. The minimum Gasteiger partial charge on any atom is -0.360 e. The molecule has 0 atom stereocenters. The minimum atomic E-state index is -0.0713. The first-order valence-electron chi connectivity index (χ1n) is 6.65. The summed E-state index contributed by atoms with van der Waals surface area (Å²) in [6, 6.07) is 9.94. The molecule has 0 radical (unpaired) electrons. The maximum atomic E-state index is 12.4. The number of hydrogen-bond donors (Lipinski definition) is 1. The van der Waals surface area contributed by atoms with Crippen LogP contribution in [0.1, 0.15) is 29.2 Å². The standard InChI is InChI=1S/C14H18N4OS/c1-3-15-14-17-16-12(20-14)13(19)18(4-2)10-11-8-6-5-7-9-11/h5-9H,3-4,10H2,1-2H3,(H,15,17). The lowest BCUT2D eigenvalue weighted by Gasteiger charge is -2.19. The summed E-state index contributed by atoms with van der Waals surface area (Å²) < 4.78 is 0. The van der Waals surface area contributed by atoms with Crippen molar-refractivity contribution in [1.29, 1.82) is 0 Å². The molecule has 0 aliphatic rings. The van der Waals surface area contributed by atoms with E-state index in [1.165, 1.54) is 11.3 Å². The highest BCUT2D eigenvalue weighted by molar-refractivity contribution is 7.17. The van der Waals surface area contributed by atoms with Crippen molar-refractivity contribution >= 4 is 22.4 Å². The van der Waals surface area contributed by atoms with Gasteiger partial charge in [0.2, 0.25) is 10.1 Å². The second-order valence-corrected chi connectivity index (χ2v) is 5.23. The number of anilines is 1. The van der Waals surface area contributed by atoms with Crippen LogP contribution in [0.25, 0.3) is 0 Å². The zero-order valence-corrected chi connectivity index (χ0v) is 12.5. The highest BCUT2D eigenvalue weighted by atomic mass is 32.1. The van der Waals surface area contributed by atoms with Crippen LogP contribution in [0.15, 0.2) is 30.3 Å². The molecule has 1 heterocycles. The molecule has 0 aliphatic carbocycles. The second-order valence-electron chi connectivity index (χ2n) is 4.25. The lowest BCUT2D eigenvalue weighted by atomic mass is 10.2. The maximum Gasteiger partial charge on any atom is 0.285 e. The Morgan fingerprint density at radius 2 is 2.00 bits per heavy atom. The number of rotatable bonds is 6. The van der Waals surface area contributed by atoms with Crippen molar-refractivity contribution in [2.45, 2.75) is 20.4 Å². The Bertz CT molecular complexity index is 555. The number of nitrogens with one attached hydrogen (secondary N) is 1. The maximum absolute atomic E-state index is 12.4. The number of benzene rings is 1. The molecule has 1 aromatic heterocycles. The van der Waals surface area contributed by atoms with Crippen LogP contribution in [0.4, 0.5) is 5.13 Å². The molecule has 0 unspecified atom stereocenters. The van der Waals surface area contributed by atoms with Crippen LogP contribution in [0.2, 0.25) is 0 Å². The molecule has 0 saturated carbocycles. The van der Waals surface area contributed by atoms with Crippen LogP contribution in [-0.2, 0) is 6.54 Å². The van der Waals surface area contributed by atoms with E-state index >= 15 is 0 Å². The molecule has 106 valence electrons. The number of aromatic nitrogens is 2. The van der Waals surface area contributed by atoms with Crippen LogP contribution in [0, 0.1) is 0 Å². The third-order valence-corrected chi connectivity index (χ3v) is 3.69. The lowest BCUT2D eigenvalue weighted by Crippen LogP contribution is -2.30. The quantitative estimate of drug-likeness (QED) is 0.888. The van der Waals surface area contributed by atoms with Gasteiger partial charge in [0.1, 0.15) is 0 Å². The van der Waals surface area contributed by atoms with Crippen molar-refractivity contribution in [2.75, 3.05) is 18.4 Å². The third kappa shape index (κ3) is 3.54. The number of nitrogens with zero attached hydrogens (tertiary/aromatic N) is 3. The Balaban J connectivity index is 2.08. The lowest BCUT2D eigenvalue weighted by molar-refractivity contribution is 0.0751. The van der Waals surface area contributed by atoms with Crippen LogP contribution in [-0.4, -0.2) is 34.1 Å². The Morgan fingerprint density at radius 1 is 1.25 bits per heavy atom. The first kappa shape index (κ1) is 14.5. The summed E-state index contributed by atoms with van der Waals surface area (Å²) >= 11 is 1.30. The number of hydrogen-bond acceptors (Lipinski definition) is 5. The average Bonchev–Trinajstić information content (AvgIpc) is 2.94. The fourth-order valence-corrected chi connectivity index (χ4v) is 2.58. The molecule has 0 saturated heterocycles. The average molecular weight is 290 g/mol. The van der Waals surface area contributed by atoms with Gasteiger partial charge in [0.05, 0.1) is 0 Å². The third-order valence-electron chi connectivity index (χ3n) is 2.82. The van der Waals surface area contributed by atoms with Crippen LogP contribution in [0.3, 0.4) is 0 Å². The Labute approximate surface area is 122 Å². The van der Waals surface area contributed by atoms with Gasteiger partial charge in [0.15, 0.2) is 0 Å². The predicted octanol–water partition coefficient (Wildman–Crippen LogP) is 2.63. The van der Waals surface area contributed by atoms with Gasteiger partial charge in [0, 0.05) is 19.6 Å². The van der Waals surface area contributed by atoms with E-state index in [-0.39, 0.29) is 5.91 Å². The van der Waals surface area contributed by atoms with E-state index in [4.69, 9.17) is 0 Å². The SMILES string of the molecule is CCNc1nnc(C(=O)N(CC)Cc2ccccc2)s1. The van der Waals surface area contributed by atoms with Gasteiger partial charge in [-0.2, -0.15) is 0 Å². The molecule has 0 spiro atoms. The number of amides is 1. The smallest absolute Gasteiger partial charge is 0.285 e. The topological polar surface area (TPSA) is 58.1 Å². The zero-order valence-electron chi connectivity index (χ0n) is 11.7. The number of carbonyl (C=O) groups excluding carboxylic acids is 1. The van der Waals surface area contributed by atoms with Gasteiger partial charge in [-0.3, -0.25) is 4.79 Å². The Hall–Kier alpha value is -1.95. The Morgan fingerprint density at radius 3 is 2.65 bits per heavy atom. The zero-order chi connectivity index (χ0) is 14.4. The van der Waals surface area contributed by atoms with Crippen LogP contribution in [0.5, 0.6) is 0 Å². The Kier molecular flexibility index (Phi) is 5.06. The van der Waals surface area contributed by atoms with Gasteiger partial charge in [0.25, 0.3) is 5.91 Å². The molecule has 20 heavy (non-hydrogen) atoms. The van der Waals surface area contributed by atoms with Crippen LogP contribution >= 0.6 is 11.3 Å². The van der Waals surface area contributed by atoms with Crippen molar-refractivity contribution in [3.63, 3.8) is 0 Å². The molecule has 6 heteroatoms. The van der Waals surface area contributed by atoms with Gasteiger partial charge in [-0.1, -0.05) is 41.7 Å². The molecule has 0 bridgehead atoms. The first-order chi connectivity index (χ1) is 9.74. The van der Waals surface area contributed by atoms with Crippen LogP contribution < -0.4 is 5.32 Å². The molecule has 1 amide bonds. The van der Waals surface area contributed by atoms with Crippen molar-refractivity contribution in [3.05, 3.63) is 40.9 Å². The van der Waals surface area contributed by atoms with E-state index in [9.17, 15) is 4.79 Å². The van der Waals surface area contributed by atoms with Crippen molar-refractivity contribution in [1.82, 2.24) is 15.1 Å². The molecule has 5 nitrogen and oxygen atoms in total. The molecule has 1 N–H and O–H groups in total. The highest BCUT2D eigenvalue weighted by Gasteiger charge is 2.19. The summed E-state index contributed by atoms with van der Waals surface area (Å²) in [5, 5.41) is 12.1. The second kappa shape index (κ2) is 7.00. The number of carbonyl (C=O) groups is 1. The first-order valence-corrected chi connectivity index (χ1v) is 7.46. The summed E-state index contributed by atoms with van der Waals surface area (Å²) in [4.78, 5) is 14.2. The van der Waals surface area contributed by atoms with E-state index in [0.717, 1.165) is 12.1 Å². The minimum absolute atomic E-state index is 0.0713.